The van der Waals surface area contributed by atoms with Crippen LogP contribution in [0.3, 0.4) is 0 Å². The van der Waals surface area contributed by atoms with Crippen LogP contribution in [0, 0.1) is 15.9 Å². The van der Waals surface area contributed by atoms with Crippen LogP contribution < -0.4 is 4.90 Å². The molecule has 1 aliphatic heterocycles. The van der Waals surface area contributed by atoms with Crippen LogP contribution >= 0.6 is 0 Å². The van der Waals surface area contributed by atoms with E-state index in [1.165, 1.54) is 17.0 Å². The molecule has 2 rings (SSSR count). The van der Waals surface area contributed by atoms with E-state index >= 15 is 0 Å². The van der Waals surface area contributed by atoms with Crippen LogP contribution in [0.25, 0.3) is 0 Å². The molecule has 208 valence electrons. The summed E-state index contributed by atoms with van der Waals surface area (Å²) in [5.41, 5.74) is -1.68. The summed E-state index contributed by atoms with van der Waals surface area (Å²) >= 11 is 0. The molecule has 1 aromatic rings. The normalized spacial score (nSPS) is 14.8. The molecule has 0 aliphatic carbocycles. The van der Waals surface area contributed by atoms with E-state index in [1.807, 2.05) is 20.8 Å². The zero-order chi connectivity index (χ0) is 27.8. The largest absolute Gasteiger partial charge is 0.444 e. The van der Waals surface area contributed by atoms with Crippen molar-refractivity contribution in [2.24, 2.45) is 0 Å². The quantitative estimate of drug-likeness (QED) is 0.236. The highest BCUT2D eigenvalue weighted by Crippen LogP contribution is 2.26. The summed E-state index contributed by atoms with van der Waals surface area (Å²) in [6.45, 7) is 14.8. The van der Waals surface area contributed by atoms with Gasteiger partial charge in [-0.25, -0.2) is 14.0 Å². The molecule has 0 unspecified atom stereocenters. The van der Waals surface area contributed by atoms with Crippen molar-refractivity contribution in [1.29, 1.82) is 0 Å². The van der Waals surface area contributed by atoms with Gasteiger partial charge in [-0.05, 0) is 67.0 Å². The summed E-state index contributed by atoms with van der Waals surface area (Å²) in [5.74, 6) is -0.842. The smallest absolute Gasteiger partial charge is 0.414 e. The standard InChI is InChI=1S/C26H41FN4O6/c1-25(2,3)36-23(32)29-17-15-28(16-18-29)13-9-7-8-10-14-30(24(33)37-26(4,5)6)22-12-11-20(31(34)35)19-21(22)27/h11-12,19H,7-10,13-18H2,1-6H3. The number of rotatable bonds is 9. The molecule has 0 N–H and O–H groups in total. The first-order chi connectivity index (χ1) is 17.2. The minimum atomic E-state index is -0.842. The molecule has 0 bridgehead atoms. The molecule has 1 aliphatic rings. The number of halogens is 1. The molecule has 11 heteroatoms. The molecule has 1 saturated heterocycles. The van der Waals surface area contributed by atoms with Gasteiger partial charge in [-0.3, -0.25) is 19.9 Å². The molecule has 1 heterocycles. The van der Waals surface area contributed by atoms with E-state index < -0.39 is 28.0 Å². The van der Waals surface area contributed by atoms with Gasteiger partial charge in [0.25, 0.3) is 5.69 Å². The number of anilines is 1. The number of carbonyl (C=O) groups is 2. The number of nitrogens with zero attached hydrogens (tertiary/aromatic N) is 4. The highest BCUT2D eigenvalue weighted by molar-refractivity contribution is 5.88. The van der Waals surface area contributed by atoms with Crippen LogP contribution in [-0.4, -0.2) is 77.4 Å². The van der Waals surface area contributed by atoms with Gasteiger partial charge >= 0.3 is 12.2 Å². The number of hydrogen-bond acceptors (Lipinski definition) is 7. The minimum Gasteiger partial charge on any atom is -0.444 e. The monoisotopic (exact) mass is 524 g/mol. The number of nitro groups is 1. The summed E-state index contributed by atoms with van der Waals surface area (Å²) in [4.78, 5) is 40.5. The van der Waals surface area contributed by atoms with Gasteiger partial charge in [0.15, 0.2) is 5.82 Å². The Bertz CT molecular complexity index is 936. The molecule has 1 aromatic carbocycles. The third kappa shape index (κ3) is 10.5. The number of hydrogen-bond donors (Lipinski definition) is 0. The summed E-state index contributed by atoms with van der Waals surface area (Å²) in [7, 11) is 0. The fourth-order valence-corrected chi connectivity index (χ4v) is 3.89. The van der Waals surface area contributed by atoms with Gasteiger partial charge in [-0.15, -0.1) is 0 Å². The summed E-state index contributed by atoms with van der Waals surface area (Å²) < 4.78 is 25.5. The fraction of sp³-hybridized carbons (Fsp3) is 0.692. The molecule has 0 spiro atoms. The summed E-state index contributed by atoms with van der Waals surface area (Å²) in [6.07, 6.45) is 2.38. The Morgan fingerprint density at radius 2 is 1.57 bits per heavy atom. The lowest BCUT2D eigenvalue weighted by Gasteiger charge is -2.35. The predicted octanol–water partition coefficient (Wildman–Crippen LogP) is 5.59. The number of carbonyl (C=O) groups excluding carboxylic acids is 2. The lowest BCUT2D eigenvalue weighted by atomic mass is 10.1. The molecular formula is C26H41FN4O6. The summed E-state index contributed by atoms with van der Waals surface area (Å²) in [6, 6.07) is 3.24. The molecule has 37 heavy (non-hydrogen) atoms. The average molecular weight is 525 g/mol. The molecule has 0 saturated carbocycles. The highest BCUT2D eigenvalue weighted by atomic mass is 19.1. The van der Waals surface area contributed by atoms with Gasteiger partial charge in [0.05, 0.1) is 16.7 Å². The second kappa shape index (κ2) is 13.0. The number of benzene rings is 1. The molecule has 0 aromatic heterocycles. The molecule has 2 amide bonds. The number of non-ortho nitro benzene ring substituents is 1. The van der Waals surface area contributed by atoms with Crippen molar-refractivity contribution >= 4 is 23.6 Å². The fourth-order valence-electron chi connectivity index (χ4n) is 3.89. The number of unbranched alkanes of at least 4 members (excludes halogenated alkanes) is 3. The van der Waals surface area contributed by atoms with Crippen LogP contribution in [0.2, 0.25) is 0 Å². The van der Waals surface area contributed by atoms with E-state index in [1.54, 1.807) is 25.7 Å². The minimum absolute atomic E-state index is 0.0392. The van der Waals surface area contributed by atoms with Gasteiger partial charge in [0, 0.05) is 38.8 Å². The van der Waals surface area contributed by atoms with Crippen molar-refractivity contribution in [2.75, 3.05) is 44.2 Å². The number of amides is 2. The lowest BCUT2D eigenvalue weighted by molar-refractivity contribution is -0.385. The maximum absolute atomic E-state index is 14.7. The van der Waals surface area contributed by atoms with Crippen molar-refractivity contribution in [3.05, 3.63) is 34.1 Å². The van der Waals surface area contributed by atoms with Gasteiger partial charge in [-0.1, -0.05) is 12.8 Å². The highest BCUT2D eigenvalue weighted by Gasteiger charge is 2.27. The van der Waals surface area contributed by atoms with E-state index in [2.05, 4.69) is 4.90 Å². The SMILES string of the molecule is CC(C)(C)OC(=O)N1CCN(CCCCCCN(C(=O)OC(C)(C)C)c2ccc([N+](=O)[O-])cc2F)CC1. The molecule has 0 atom stereocenters. The van der Waals surface area contributed by atoms with Gasteiger partial charge in [-0.2, -0.15) is 0 Å². The topological polar surface area (TPSA) is 105 Å². The Balaban J connectivity index is 1.81. The number of nitro benzene ring substituents is 1. The van der Waals surface area contributed by atoms with Crippen molar-refractivity contribution in [2.45, 2.75) is 78.4 Å². The van der Waals surface area contributed by atoms with Crippen molar-refractivity contribution < 1.29 is 28.4 Å². The van der Waals surface area contributed by atoms with E-state index in [-0.39, 0.29) is 24.0 Å². The Morgan fingerprint density at radius 3 is 2.11 bits per heavy atom. The average Bonchev–Trinajstić information content (AvgIpc) is 2.77. The van der Waals surface area contributed by atoms with E-state index in [4.69, 9.17) is 9.47 Å². The van der Waals surface area contributed by atoms with E-state index in [9.17, 15) is 24.1 Å². The Hall–Kier alpha value is -2.95. The van der Waals surface area contributed by atoms with Crippen LogP contribution in [0.5, 0.6) is 0 Å². The first-order valence-electron chi connectivity index (χ1n) is 12.8. The van der Waals surface area contributed by atoms with Crippen molar-refractivity contribution in [3.8, 4) is 0 Å². The first kappa shape index (κ1) is 30.3. The number of piperazine rings is 1. The predicted molar refractivity (Wildman–Crippen MR) is 139 cm³/mol. The maximum atomic E-state index is 14.7. The van der Waals surface area contributed by atoms with Crippen LogP contribution in [0.1, 0.15) is 67.2 Å². The van der Waals surface area contributed by atoms with Gasteiger partial charge < -0.3 is 14.4 Å². The van der Waals surface area contributed by atoms with Crippen LogP contribution in [0.4, 0.5) is 25.4 Å². The first-order valence-corrected chi connectivity index (χ1v) is 12.8. The number of ether oxygens (including phenoxy) is 2. The Morgan fingerprint density at radius 1 is 0.973 bits per heavy atom. The Kier molecular flexibility index (Phi) is 10.7. The second-order valence-corrected chi connectivity index (χ2v) is 11.2. The molecule has 10 nitrogen and oxygen atoms in total. The second-order valence-electron chi connectivity index (χ2n) is 11.2. The maximum Gasteiger partial charge on any atom is 0.414 e. The lowest BCUT2D eigenvalue weighted by Crippen LogP contribution is -2.50. The Labute approximate surface area is 218 Å². The molecule has 1 fully saturated rings. The molecule has 0 radical (unpaired) electrons. The van der Waals surface area contributed by atoms with E-state index in [0.29, 0.717) is 19.5 Å². The zero-order valence-electron chi connectivity index (χ0n) is 22.9. The zero-order valence-corrected chi connectivity index (χ0v) is 22.9. The van der Waals surface area contributed by atoms with Crippen molar-refractivity contribution in [1.82, 2.24) is 9.80 Å². The van der Waals surface area contributed by atoms with Gasteiger partial charge in [0.1, 0.15) is 11.2 Å². The summed E-state index contributed by atoms with van der Waals surface area (Å²) in [5, 5.41) is 10.9. The van der Waals surface area contributed by atoms with Crippen LogP contribution in [0.15, 0.2) is 18.2 Å². The van der Waals surface area contributed by atoms with Gasteiger partial charge in [0.2, 0.25) is 0 Å². The third-order valence-corrected chi connectivity index (χ3v) is 5.68. The van der Waals surface area contributed by atoms with E-state index in [0.717, 1.165) is 45.0 Å². The third-order valence-electron chi connectivity index (χ3n) is 5.68. The molecular weight excluding hydrogens is 483 g/mol. The van der Waals surface area contributed by atoms with Crippen molar-refractivity contribution in [3.63, 3.8) is 0 Å². The van der Waals surface area contributed by atoms with Crippen LogP contribution in [-0.2, 0) is 9.47 Å².